The molecular formula is C18H21ClN2O2. The van der Waals surface area contributed by atoms with E-state index in [1.807, 2.05) is 54.6 Å². The molecule has 1 aliphatic rings. The van der Waals surface area contributed by atoms with Gasteiger partial charge >= 0.3 is 0 Å². The van der Waals surface area contributed by atoms with Gasteiger partial charge in [0.2, 0.25) is 5.91 Å². The Labute approximate surface area is 142 Å². The van der Waals surface area contributed by atoms with Crippen LogP contribution in [0.3, 0.4) is 0 Å². The number of hydrogen-bond acceptors (Lipinski definition) is 3. The molecule has 5 heteroatoms. The number of nitrogens with one attached hydrogen (secondary N) is 2. The molecule has 1 saturated heterocycles. The minimum Gasteiger partial charge on any atom is -0.457 e. The number of ether oxygens (including phenoxy) is 1. The molecule has 0 aliphatic carbocycles. The number of amides is 1. The summed E-state index contributed by atoms with van der Waals surface area (Å²) in [6.45, 7) is 2.18. The van der Waals surface area contributed by atoms with Crippen molar-refractivity contribution in [2.75, 3.05) is 13.1 Å². The molecule has 1 amide bonds. The molecule has 122 valence electrons. The third-order valence-electron chi connectivity index (χ3n) is 3.83. The van der Waals surface area contributed by atoms with Crippen molar-refractivity contribution in [3.05, 3.63) is 60.2 Å². The summed E-state index contributed by atoms with van der Waals surface area (Å²) in [4.78, 5) is 12.1. The number of carbonyl (C=O) groups excluding carboxylic acids is 1. The smallest absolute Gasteiger partial charge is 0.224 e. The maximum absolute atomic E-state index is 12.1. The van der Waals surface area contributed by atoms with Gasteiger partial charge in [0.1, 0.15) is 11.5 Å². The number of rotatable bonds is 5. The summed E-state index contributed by atoms with van der Waals surface area (Å²) >= 11 is 0. The molecule has 0 bridgehead atoms. The summed E-state index contributed by atoms with van der Waals surface area (Å²) in [5.74, 6) is 1.77. The lowest BCUT2D eigenvalue weighted by Gasteiger charge is -2.13. The summed E-state index contributed by atoms with van der Waals surface area (Å²) in [5, 5.41) is 6.22. The average Bonchev–Trinajstić information content (AvgIpc) is 3.09. The molecular weight excluding hydrogens is 312 g/mol. The van der Waals surface area contributed by atoms with Crippen LogP contribution in [-0.4, -0.2) is 19.0 Å². The van der Waals surface area contributed by atoms with Crippen LogP contribution in [0.25, 0.3) is 0 Å². The van der Waals surface area contributed by atoms with Gasteiger partial charge in [-0.05, 0) is 31.2 Å². The normalized spacial score (nSPS) is 16.4. The third-order valence-corrected chi connectivity index (χ3v) is 3.83. The standard InChI is InChI=1S/C18H20N2O2.ClH/c21-18(15-10-11-19-12-15)20-13-14-6-4-5-9-17(14)22-16-7-2-1-3-8-16;/h1-9,15,19H,10-13H2,(H,20,21);1H. The molecule has 0 saturated carbocycles. The SMILES string of the molecule is Cl.O=C(NCc1ccccc1Oc1ccccc1)C1CCNC1. The van der Waals surface area contributed by atoms with E-state index in [0.717, 1.165) is 36.6 Å². The highest BCUT2D eigenvalue weighted by atomic mass is 35.5. The molecule has 0 spiro atoms. The van der Waals surface area contributed by atoms with Gasteiger partial charge in [0.05, 0.1) is 5.92 Å². The molecule has 1 fully saturated rings. The van der Waals surface area contributed by atoms with Crippen molar-refractivity contribution >= 4 is 18.3 Å². The Bertz CT molecular complexity index is 628. The van der Waals surface area contributed by atoms with Crippen molar-refractivity contribution in [1.82, 2.24) is 10.6 Å². The highest BCUT2D eigenvalue weighted by Gasteiger charge is 2.22. The van der Waals surface area contributed by atoms with Crippen LogP contribution in [0.4, 0.5) is 0 Å². The molecule has 2 N–H and O–H groups in total. The van der Waals surface area contributed by atoms with Crippen LogP contribution in [0.2, 0.25) is 0 Å². The Kier molecular flexibility index (Phi) is 6.44. The number of carbonyl (C=O) groups is 1. The van der Waals surface area contributed by atoms with Gasteiger partial charge in [-0.3, -0.25) is 4.79 Å². The summed E-state index contributed by atoms with van der Waals surface area (Å²) in [6.07, 6.45) is 0.911. The molecule has 23 heavy (non-hydrogen) atoms. The van der Waals surface area contributed by atoms with Crippen LogP contribution in [0.5, 0.6) is 11.5 Å². The lowest BCUT2D eigenvalue weighted by atomic mass is 10.1. The van der Waals surface area contributed by atoms with Crippen LogP contribution in [0, 0.1) is 5.92 Å². The zero-order chi connectivity index (χ0) is 15.2. The summed E-state index contributed by atoms with van der Waals surface area (Å²) in [7, 11) is 0. The van der Waals surface area contributed by atoms with Crippen molar-refractivity contribution in [1.29, 1.82) is 0 Å². The van der Waals surface area contributed by atoms with Crippen molar-refractivity contribution < 1.29 is 9.53 Å². The monoisotopic (exact) mass is 332 g/mol. The topological polar surface area (TPSA) is 50.4 Å². The molecule has 2 aromatic carbocycles. The zero-order valence-electron chi connectivity index (χ0n) is 12.8. The number of para-hydroxylation sites is 2. The minimum atomic E-state index is 0. The molecule has 4 nitrogen and oxygen atoms in total. The van der Waals surface area contributed by atoms with Gasteiger partial charge in [0.25, 0.3) is 0 Å². The van der Waals surface area contributed by atoms with E-state index >= 15 is 0 Å². The number of hydrogen-bond donors (Lipinski definition) is 2. The van der Waals surface area contributed by atoms with E-state index in [-0.39, 0.29) is 24.2 Å². The van der Waals surface area contributed by atoms with Crippen molar-refractivity contribution in [3.8, 4) is 11.5 Å². The second-order valence-electron chi connectivity index (χ2n) is 5.43. The Morgan fingerprint density at radius 2 is 1.87 bits per heavy atom. The quantitative estimate of drug-likeness (QED) is 0.884. The first-order valence-corrected chi connectivity index (χ1v) is 7.62. The largest absolute Gasteiger partial charge is 0.457 e. The Balaban J connectivity index is 0.00000192. The van der Waals surface area contributed by atoms with Crippen molar-refractivity contribution in [2.24, 2.45) is 5.92 Å². The zero-order valence-corrected chi connectivity index (χ0v) is 13.6. The van der Waals surface area contributed by atoms with E-state index in [2.05, 4.69) is 10.6 Å². The maximum atomic E-state index is 12.1. The van der Waals surface area contributed by atoms with Crippen LogP contribution in [-0.2, 0) is 11.3 Å². The van der Waals surface area contributed by atoms with Gasteiger partial charge < -0.3 is 15.4 Å². The Morgan fingerprint density at radius 1 is 1.13 bits per heavy atom. The second kappa shape index (κ2) is 8.56. The van der Waals surface area contributed by atoms with Crippen molar-refractivity contribution in [3.63, 3.8) is 0 Å². The fourth-order valence-electron chi connectivity index (χ4n) is 2.57. The molecule has 1 unspecified atom stereocenters. The molecule has 1 heterocycles. The highest BCUT2D eigenvalue weighted by molar-refractivity contribution is 5.85. The minimum absolute atomic E-state index is 0. The molecule has 2 aromatic rings. The van der Waals surface area contributed by atoms with E-state index in [0.29, 0.717) is 6.54 Å². The molecule has 1 aliphatic heterocycles. The highest BCUT2D eigenvalue weighted by Crippen LogP contribution is 2.25. The predicted molar refractivity (Wildman–Crippen MR) is 93.0 cm³/mol. The average molecular weight is 333 g/mol. The van der Waals surface area contributed by atoms with E-state index in [9.17, 15) is 4.79 Å². The molecule has 0 aromatic heterocycles. The summed E-state index contributed by atoms with van der Waals surface area (Å²) in [5.41, 5.74) is 0.977. The lowest BCUT2D eigenvalue weighted by Crippen LogP contribution is -2.31. The van der Waals surface area contributed by atoms with Gasteiger partial charge in [-0.2, -0.15) is 0 Å². The molecule has 0 radical (unpaired) electrons. The molecule has 1 atom stereocenters. The predicted octanol–water partition coefficient (Wildman–Crippen LogP) is 3.13. The van der Waals surface area contributed by atoms with Gasteiger partial charge in [-0.25, -0.2) is 0 Å². The van der Waals surface area contributed by atoms with Crippen LogP contribution in [0.1, 0.15) is 12.0 Å². The van der Waals surface area contributed by atoms with Crippen LogP contribution in [0.15, 0.2) is 54.6 Å². The summed E-state index contributed by atoms with van der Waals surface area (Å²) in [6, 6.07) is 17.4. The fraction of sp³-hybridized carbons (Fsp3) is 0.278. The first kappa shape index (κ1) is 17.3. The van der Waals surface area contributed by atoms with Gasteiger partial charge in [-0.1, -0.05) is 36.4 Å². The van der Waals surface area contributed by atoms with Crippen LogP contribution >= 0.6 is 12.4 Å². The van der Waals surface area contributed by atoms with Gasteiger partial charge in [0.15, 0.2) is 0 Å². The van der Waals surface area contributed by atoms with Crippen LogP contribution < -0.4 is 15.4 Å². The molecule has 3 rings (SSSR count). The Hall–Kier alpha value is -2.04. The van der Waals surface area contributed by atoms with E-state index in [4.69, 9.17) is 4.74 Å². The van der Waals surface area contributed by atoms with Gasteiger partial charge in [-0.15, -0.1) is 12.4 Å². The van der Waals surface area contributed by atoms with Gasteiger partial charge in [0, 0.05) is 18.7 Å². The fourth-order valence-corrected chi connectivity index (χ4v) is 2.57. The Morgan fingerprint density at radius 3 is 2.61 bits per heavy atom. The second-order valence-corrected chi connectivity index (χ2v) is 5.43. The van der Waals surface area contributed by atoms with Crippen molar-refractivity contribution in [2.45, 2.75) is 13.0 Å². The first-order chi connectivity index (χ1) is 10.8. The van der Waals surface area contributed by atoms with E-state index < -0.39 is 0 Å². The summed E-state index contributed by atoms with van der Waals surface area (Å²) < 4.78 is 5.90. The number of halogens is 1. The number of benzene rings is 2. The maximum Gasteiger partial charge on any atom is 0.224 e. The van der Waals surface area contributed by atoms with E-state index in [1.54, 1.807) is 0 Å². The third kappa shape index (κ3) is 4.71. The lowest BCUT2D eigenvalue weighted by molar-refractivity contribution is -0.124. The van der Waals surface area contributed by atoms with E-state index in [1.165, 1.54) is 0 Å². The first-order valence-electron chi connectivity index (χ1n) is 7.62.